The molecule has 1 N–H and O–H groups in total. The van der Waals surface area contributed by atoms with Crippen molar-refractivity contribution in [2.24, 2.45) is 0 Å². The first kappa shape index (κ1) is 29.3. The highest BCUT2D eigenvalue weighted by atomic mass is 19.1. The fraction of sp³-hybridized carbons (Fsp3) is 0.567. The fourth-order valence-electron chi connectivity index (χ4n) is 6.41. The Labute approximate surface area is 239 Å². The molecule has 3 aliphatic rings. The van der Waals surface area contributed by atoms with E-state index in [4.69, 9.17) is 9.72 Å². The molecule has 41 heavy (non-hydrogen) atoms. The van der Waals surface area contributed by atoms with E-state index < -0.39 is 18.4 Å². The molecule has 9 nitrogen and oxygen atoms in total. The number of likely N-dealkylation sites (tertiary alicyclic amines) is 1. The second-order valence-electron chi connectivity index (χ2n) is 12.3. The van der Waals surface area contributed by atoms with Gasteiger partial charge in [0.05, 0.1) is 17.9 Å². The maximum absolute atomic E-state index is 14.4. The van der Waals surface area contributed by atoms with Gasteiger partial charge < -0.3 is 19.6 Å². The van der Waals surface area contributed by atoms with Gasteiger partial charge in [0.1, 0.15) is 18.1 Å². The summed E-state index contributed by atoms with van der Waals surface area (Å²) in [4.78, 5) is 37.8. The van der Waals surface area contributed by atoms with Crippen LogP contribution in [0.25, 0.3) is 0 Å². The van der Waals surface area contributed by atoms with Gasteiger partial charge in [0.25, 0.3) is 0 Å². The van der Waals surface area contributed by atoms with E-state index in [1.807, 2.05) is 29.0 Å². The van der Waals surface area contributed by atoms with Crippen LogP contribution in [0.15, 0.2) is 36.5 Å². The van der Waals surface area contributed by atoms with Gasteiger partial charge in [0.15, 0.2) is 0 Å². The van der Waals surface area contributed by atoms with Crippen molar-refractivity contribution in [3.63, 3.8) is 0 Å². The maximum atomic E-state index is 14.4. The van der Waals surface area contributed by atoms with Crippen LogP contribution in [0.1, 0.15) is 37.6 Å². The molecular formula is C30H39F2N5O4. The number of fused-ring (bicyclic) bond motifs is 1. The fourth-order valence-corrected chi connectivity index (χ4v) is 6.41. The molecule has 0 saturated carbocycles. The largest absolute Gasteiger partial charge is 0.465 e. The summed E-state index contributed by atoms with van der Waals surface area (Å²) in [7, 11) is 1.50. The topological polar surface area (TPSA) is 89.5 Å². The van der Waals surface area contributed by atoms with Crippen LogP contribution in [0, 0.1) is 5.82 Å². The van der Waals surface area contributed by atoms with Gasteiger partial charge in [-0.1, -0.05) is 26.0 Å². The predicted octanol–water partition coefficient (Wildman–Crippen LogP) is 3.16. The number of halogens is 2. The predicted molar refractivity (Wildman–Crippen MR) is 151 cm³/mol. The summed E-state index contributed by atoms with van der Waals surface area (Å²) in [6.45, 7) is 8.28. The molecule has 5 rings (SSSR count). The zero-order valence-corrected chi connectivity index (χ0v) is 24.1. The highest BCUT2D eigenvalue weighted by molar-refractivity contribution is 5.97. The molecule has 4 atom stereocenters. The number of carbonyl (C=O) groups is 2. The van der Waals surface area contributed by atoms with Crippen LogP contribution in [0.5, 0.6) is 0 Å². The lowest BCUT2D eigenvalue weighted by molar-refractivity contribution is -0.121. The van der Waals surface area contributed by atoms with Crippen LogP contribution >= 0.6 is 0 Å². The van der Waals surface area contributed by atoms with Gasteiger partial charge in [-0.05, 0) is 42.7 Å². The standard InChI is InChI=1S/C30H39F2N5O4/c1-19-12-35(23(14-36(19)29(39)40)13-34-15-24(32)26(16-34)41-4)17-27(38)37-18-30(2,3)28-25(37)10-21(11-33-28)9-20-5-7-22(31)8-6-20/h5-8,10-11,19,23-24,26H,9,12-18H2,1-4H3,(H,39,40)/t19-,23+,24+,26-/m1/s1. The Morgan fingerprint density at radius 2 is 1.85 bits per heavy atom. The smallest absolute Gasteiger partial charge is 0.407 e. The summed E-state index contributed by atoms with van der Waals surface area (Å²) in [5.74, 6) is -0.373. The quantitative estimate of drug-likeness (QED) is 0.546. The third-order valence-corrected chi connectivity index (χ3v) is 8.62. The molecule has 0 unspecified atom stereocenters. The van der Waals surface area contributed by atoms with Crippen LogP contribution in [-0.2, 0) is 21.4 Å². The lowest BCUT2D eigenvalue weighted by Crippen LogP contribution is -2.62. The molecule has 2 fully saturated rings. The summed E-state index contributed by atoms with van der Waals surface area (Å²) in [5.41, 5.74) is 3.16. The number of anilines is 1. The first-order valence-corrected chi connectivity index (χ1v) is 14.1. The molecule has 3 aliphatic heterocycles. The first-order valence-electron chi connectivity index (χ1n) is 14.1. The second-order valence-corrected chi connectivity index (χ2v) is 12.3. The molecule has 2 amide bonds. The number of ether oxygens (including phenoxy) is 1. The Morgan fingerprint density at radius 3 is 2.51 bits per heavy atom. The number of carbonyl (C=O) groups excluding carboxylic acids is 1. The van der Waals surface area contributed by atoms with Crippen molar-refractivity contribution in [2.75, 3.05) is 57.8 Å². The highest BCUT2D eigenvalue weighted by Crippen LogP contribution is 2.40. The average molecular weight is 572 g/mol. The van der Waals surface area contributed by atoms with Gasteiger partial charge in [-0.3, -0.25) is 19.6 Å². The molecule has 0 aliphatic carbocycles. The number of nitrogens with zero attached hydrogens (tertiary/aromatic N) is 5. The Balaban J connectivity index is 1.35. The maximum Gasteiger partial charge on any atom is 0.407 e. The Kier molecular flexibility index (Phi) is 8.31. The van der Waals surface area contributed by atoms with Gasteiger partial charge in [-0.25, -0.2) is 13.6 Å². The first-order chi connectivity index (χ1) is 19.4. The van der Waals surface area contributed by atoms with Crippen LogP contribution in [0.2, 0.25) is 0 Å². The van der Waals surface area contributed by atoms with Crippen molar-refractivity contribution in [2.45, 2.75) is 57.0 Å². The van der Waals surface area contributed by atoms with Crippen molar-refractivity contribution in [1.82, 2.24) is 19.7 Å². The second kappa shape index (κ2) is 11.6. The lowest BCUT2D eigenvalue weighted by Gasteiger charge is -2.45. The van der Waals surface area contributed by atoms with Crippen LogP contribution in [0.4, 0.5) is 19.3 Å². The summed E-state index contributed by atoms with van der Waals surface area (Å²) < 4.78 is 33.1. The van der Waals surface area contributed by atoms with E-state index in [0.29, 0.717) is 32.6 Å². The minimum atomic E-state index is -1.10. The number of hydrogen-bond acceptors (Lipinski definition) is 6. The number of carboxylic acid groups (broad SMARTS) is 1. The molecule has 0 spiro atoms. The number of methoxy groups -OCH3 is 1. The Morgan fingerprint density at radius 1 is 1.12 bits per heavy atom. The van der Waals surface area contributed by atoms with E-state index in [-0.39, 0.29) is 48.9 Å². The monoisotopic (exact) mass is 571 g/mol. The van der Waals surface area contributed by atoms with Crippen molar-refractivity contribution in [3.8, 4) is 0 Å². The van der Waals surface area contributed by atoms with E-state index >= 15 is 0 Å². The summed E-state index contributed by atoms with van der Waals surface area (Å²) in [5, 5.41) is 9.78. The third kappa shape index (κ3) is 6.22. The number of piperazine rings is 1. The zero-order chi connectivity index (χ0) is 29.5. The highest BCUT2D eigenvalue weighted by Gasteiger charge is 2.43. The van der Waals surface area contributed by atoms with Gasteiger partial charge in [-0.2, -0.15) is 0 Å². The number of hydrogen-bond donors (Lipinski definition) is 1. The molecule has 11 heteroatoms. The third-order valence-electron chi connectivity index (χ3n) is 8.62. The van der Waals surface area contributed by atoms with Crippen LogP contribution in [0.3, 0.4) is 0 Å². The molecule has 4 heterocycles. The van der Waals surface area contributed by atoms with Crippen molar-refractivity contribution in [1.29, 1.82) is 0 Å². The van der Waals surface area contributed by atoms with E-state index in [0.717, 1.165) is 22.5 Å². The summed E-state index contributed by atoms with van der Waals surface area (Å²) in [6, 6.07) is 7.79. The van der Waals surface area contributed by atoms with Crippen LogP contribution < -0.4 is 4.90 Å². The van der Waals surface area contributed by atoms with Crippen molar-refractivity contribution < 1.29 is 28.2 Å². The van der Waals surface area contributed by atoms with Crippen LogP contribution in [-0.4, -0.2) is 114 Å². The number of benzene rings is 1. The molecule has 1 aromatic heterocycles. The molecule has 2 saturated heterocycles. The SMILES string of the molecule is CO[C@@H]1CN(C[C@H]2CN(C(=O)O)[C@H](C)CN2CC(=O)N2CC(C)(C)c3ncc(Cc4ccc(F)cc4)cc32)C[C@@H]1F. The van der Waals surface area contributed by atoms with Crippen molar-refractivity contribution in [3.05, 3.63) is 59.2 Å². The molecule has 0 bridgehead atoms. The minimum Gasteiger partial charge on any atom is -0.465 e. The molecular weight excluding hydrogens is 532 g/mol. The van der Waals surface area contributed by atoms with E-state index in [1.165, 1.54) is 24.1 Å². The lowest BCUT2D eigenvalue weighted by atomic mass is 9.91. The van der Waals surface area contributed by atoms with Crippen molar-refractivity contribution >= 4 is 17.7 Å². The normalized spacial score (nSPS) is 26.4. The zero-order valence-electron chi connectivity index (χ0n) is 24.1. The van der Waals surface area contributed by atoms with E-state index in [1.54, 1.807) is 17.0 Å². The number of pyridine rings is 1. The van der Waals surface area contributed by atoms with E-state index in [2.05, 4.69) is 13.8 Å². The number of aromatic nitrogens is 1. The van der Waals surface area contributed by atoms with E-state index in [9.17, 15) is 23.5 Å². The number of rotatable bonds is 7. The molecule has 222 valence electrons. The Bertz CT molecular complexity index is 1280. The van der Waals surface area contributed by atoms with Gasteiger partial charge in [-0.15, -0.1) is 0 Å². The minimum absolute atomic E-state index is 0.0851. The average Bonchev–Trinajstić information content (AvgIpc) is 3.41. The van der Waals surface area contributed by atoms with Gasteiger partial charge in [0.2, 0.25) is 5.91 Å². The Hall–Kier alpha value is -3.15. The molecule has 1 aromatic carbocycles. The van der Waals surface area contributed by atoms with Gasteiger partial charge in [0, 0.05) is 70.1 Å². The molecule has 0 radical (unpaired) electrons. The number of alkyl halides is 1. The molecule has 2 aromatic rings. The van der Waals surface area contributed by atoms with Gasteiger partial charge >= 0.3 is 6.09 Å². The summed E-state index contributed by atoms with van der Waals surface area (Å²) >= 11 is 0. The number of amides is 2. The summed E-state index contributed by atoms with van der Waals surface area (Å²) in [6.07, 6.45) is -0.227.